The molecule has 0 N–H and O–H groups in total. The molecule has 0 spiro atoms. The predicted molar refractivity (Wildman–Crippen MR) is 129 cm³/mol. The van der Waals surface area contributed by atoms with Gasteiger partial charge in [0, 0.05) is 36.7 Å². The fourth-order valence-electron chi connectivity index (χ4n) is 3.95. The molecule has 1 aromatic carbocycles. The van der Waals surface area contributed by atoms with Crippen LogP contribution in [0.3, 0.4) is 0 Å². The molecule has 0 radical (unpaired) electrons. The van der Waals surface area contributed by atoms with Crippen LogP contribution in [0, 0.1) is 0 Å². The van der Waals surface area contributed by atoms with Crippen molar-refractivity contribution in [2.24, 2.45) is 0 Å². The molecule has 4 aromatic rings. The van der Waals surface area contributed by atoms with Gasteiger partial charge in [0.2, 0.25) is 5.89 Å². The summed E-state index contributed by atoms with van der Waals surface area (Å²) in [6, 6.07) is 10.8. The molecule has 1 saturated heterocycles. The maximum absolute atomic E-state index is 11.7. The van der Waals surface area contributed by atoms with Crippen LogP contribution in [0.15, 0.2) is 45.8 Å². The monoisotopic (exact) mass is 483 g/mol. The average molecular weight is 484 g/mol. The topological polar surface area (TPSA) is 102 Å². The fourth-order valence-corrected chi connectivity index (χ4v) is 5.52. The van der Waals surface area contributed by atoms with Gasteiger partial charge in [-0.3, -0.25) is 0 Å². The van der Waals surface area contributed by atoms with Crippen molar-refractivity contribution in [3.05, 3.63) is 48.1 Å². The molecule has 8 nitrogen and oxygen atoms in total. The molecule has 0 aliphatic carbocycles. The van der Waals surface area contributed by atoms with E-state index >= 15 is 0 Å². The second-order valence-electron chi connectivity index (χ2n) is 8.72. The van der Waals surface area contributed by atoms with Crippen LogP contribution in [0.4, 0.5) is 5.82 Å². The minimum Gasteiger partial charge on any atom is -0.357 e. The van der Waals surface area contributed by atoms with Crippen molar-refractivity contribution in [2.75, 3.05) is 24.2 Å². The highest BCUT2D eigenvalue weighted by Gasteiger charge is 2.26. The van der Waals surface area contributed by atoms with E-state index in [-0.39, 0.29) is 11.8 Å². The molecule has 33 heavy (non-hydrogen) atoms. The Labute approximate surface area is 196 Å². The summed E-state index contributed by atoms with van der Waals surface area (Å²) in [5.41, 5.74) is 1.72. The third-order valence-corrected chi connectivity index (χ3v) is 8.05. The lowest BCUT2D eigenvalue weighted by molar-refractivity contribution is 0.326. The van der Waals surface area contributed by atoms with Gasteiger partial charge in [-0.15, -0.1) is 0 Å². The number of benzene rings is 1. The zero-order chi connectivity index (χ0) is 23.2. The van der Waals surface area contributed by atoms with Gasteiger partial charge < -0.3 is 9.42 Å². The SMILES string of the molecule is CC(C)c1noc(C2CCN(c3ccc4nc(-c5ccc(S(C)(=O)=O)cc5)sc4n3)CC2)n1. The Hall–Kier alpha value is -2.85. The second-order valence-corrected chi connectivity index (χ2v) is 11.7. The summed E-state index contributed by atoms with van der Waals surface area (Å²) in [5.74, 6) is 3.01. The average Bonchev–Trinajstić information content (AvgIpc) is 3.46. The molecule has 4 heterocycles. The van der Waals surface area contributed by atoms with E-state index in [0.29, 0.717) is 4.90 Å². The molecular formula is C23H25N5O3S2. The van der Waals surface area contributed by atoms with Crippen LogP contribution < -0.4 is 4.90 Å². The summed E-state index contributed by atoms with van der Waals surface area (Å²) in [5, 5.41) is 4.92. The zero-order valence-corrected chi connectivity index (χ0v) is 20.4. The maximum atomic E-state index is 11.7. The molecule has 1 aliphatic rings. The van der Waals surface area contributed by atoms with Crippen molar-refractivity contribution in [1.29, 1.82) is 0 Å². The number of rotatable bonds is 5. The summed E-state index contributed by atoms with van der Waals surface area (Å²) in [6.45, 7) is 5.88. The zero-order valence-electron chi connectivity index (χ0n) is 18.7. The number of pyridine rings is 1. The molecule has 0 saturated carbocycles. The van der Waals surface area contributed by atoms with Crippen molar-refractivity contribution in [1.82, 2.24) is 20.1 Å². The lowest BCUT2D eigenvalue weighted by Crippen LogP contribution is -2.33. The summed E-state index contributed by atoms with van der Waals surface area (Å²) in [7, 11) is -3.22. The van der Waals surface area contributed by atoms with Gasteiger partial charge in [0.25, 0.3) is 0 Å². The number of anilines is 1. The van der Waals surface area contributed by atoms with E-state index in [0.717, 1.165) is 64.4 Å². The van der Waals surface area contributed by atoms with Gasteiger partial charge >= 0.3 is 0 Å². The van der Waals surface area contributed by atoms with E-state index in [1.807, 2.05) is 12.1 Å². The Morgan fingerprint density at radius 1 is 1.03 bits per heavy atom. The summed E-state index contributed by atoms with van der Waals surface area (Å²) in [4.78, 5) is 17.6. The molecule has 3 aromatic heterocycles. The van der Waals surface area contributed by atoms with E-state index < -0.39 is 9.84 Å². The van der Waals surface area contributed by atoms with Crippen LogP contribution in [-0.2, 0) is 9.84 Å². The first-order chi connectivity index (χ1) is 15.8. The van der Waals surface area contributed by atoms with E-state index in [4.69, 9.17) is 9.51 Å². The van der Waals surface area contributed by atoms with Crippen LogP contribution in [0.2, 0.25) is 0 Å². The molecule has 172 valence electrons. The largest absolute Gasteiger partial charge is 0.357 e. The third-order valence-electron chi connectivity index (χ3n) is 5.91. The highest BCUT2D eigenvalue weighted by Crippen LogP contribution is 2.33. The second kappa shape index (κ2) is 8.49. The van der Waals surface area contributed by atoms with Gasteiger partial charge in [0.15, 0.2) is 15.7 Å². The molecule has 0 bridgehead atoms. The van der Waals surface area contributed by atoms with Crippen molar-refractivity contribution in [3.8, 4) is 10.6 Å². The number of hydrogen-bond acceptors (Lipinski definition) is 9. The minimum absolute atomic E-state index is 0.264. The Bertz CT molecular complexity index is 1390. The number of piperidine rings is 1. The van der Waals surface area contributed by atoms with Crippen LogP contribution in [0.25, 0.3) is 20.9 Å². The van der Waals surface area contributed by atoms with Crippen molar-refractivity contribution >= 4 is 37.3 Å². The number of hydrogen-bond donors (Lipinski definition) is 0. The smallest absolute Gasteiger partial charge is 0.229 e. The van der Waals surface area contributed by atoms with Gasteiger partial charge in [-0.2, -0.15) is 4.98 Å². The minimum atomic E-state index is -3.22. The predicted octanol–water partition coefficient (Wildman–Crippen LogP) is 4.65. The number of thiazole rings is 1. The molecule has 10 heteroatoms. The van der Waals surface area contributed by atoms with Gasteiger partial charge in [-0.25, -0.2) is 18.4 Å². The summed E-state index contributed by atoms with van der Waals surface area (Å²) in [6.07, 6.45) is 3.10. The Morgan fingerprint density at radius 3 is 2.39 bits per heavy atom. The van der Waals surface area contributed by atoms with Crippen LogP contribution in [0.1, 0.15) is 50.2 Å². The quantitative estimate of drug-likeness (QED) is 0.404. The van der Waals surface area contributed by atoms with E-state index in [2.05, 4.69) is 33.9 Å². The molecule has 1 fully saturated rings. The highest BCUT2D eigenvalue weighted by molar-refractivity contribution is 7.90. The number of sulfone groups is 1. The molecule has 0 unspecified atom stereocenters. The van der Waals surface area contributed by atoms with Crippen LogP contribution >= 0.6 is 11.3 Å². The Balaban J connectivity index is 1.31. The van der Waals surface area contributed by atoms with Gasteiger partial charge in [-0.05, 0) is 37.1 Å². The molecule has 5 rings (SSSR count). The van der Waals surface area contributed by atoms with Crippen molar-refractivity contribution in [3.63, 3.8) is 0 Å². The molecule has 0 amide bonds. The number of aromatic nitrogens is 4. The first-order valence-corrected chi connectivity index (χ1v) is 13.7. The van der Waals surface area contributed by atoms with Gasteiger partial charge in [0.05, 0.1) is 4.90 Å². The maximum Gasteiger partial charge on any atom is 0.229 e. The standard InChI is InChI=1S/C23H25N5O3S2/c1-14(2)20-26-21(31-27-20)15-10-12-28(13-11-15)19-9-8-18-23(25-19)32-22(24-18)16-4-6-17(7-5-16)33(3,29)30/h4-9,14-15H,10-13H2,1-3H3. The van der Waals surface area contributed by atoms with Gasteiger partial charge in [0.1, 0.15) is 21.2 Å². The van der Waals surface area contributed by atoms with E-state index in [1.54, 1.807) is 24.3 Å². The molecule has 0 atom stereocenters. The van der Waals surface area contributed by atoms with Crippen molar-refractivity contribution in [2.45, 2.75) is 43.4 Å². The molecule has 1 aliphatic heterocycles. The molecular weight excluding hydrogens is 458 g/mol. The first-order valence-electron chi connectivity index (χ1n) is 10.9. The first kappa shape index (κ1) is 22.0. The van der Waals surface area contributed by atoms with Crippen LogP contribution in [0.5, 0.6) is 0 Å². The van der Waals surface area contributed by atoms with E-state index in [1.165, 1.54) is 17.6 Å². The Morgan fingerprint density at radius 2 is 1.76 bits per heavy atom. The highest BCUT2D eigenvalue weighted by atomic mass is 32.2. The number of nitrogens with zero attached hydrogens (tertiary/aromatic N) is 5. The lowest BCUT2D eigenvalue weighted by Gasteiger charge is -2.31. The summed E-state index contributed by atoms with van der Waals surface area (Å²) >= 11 is 1.51. The summed E-state index contributed by atoms with van der Waals surface area (Å²) < 4.78 is 28.9. The van der Waals surface area contributed by atoms with Gasteiger partial charge in [-0.1, -0.05) is 42.5 Å². The third kappa shape index (κ3) is 4.49. The van der Waals surface area contributed by atoms with Crippen molar-refractivity contribution < 1.29 is 12.9 Å². The Kier molecular flexibility index (Phi) is 5.65. The fraction of sp³-hybridized carbons (Fsp3) is 0.391. The van der Waals surface area contributed by atoms with Crippen LogP contribution in [-0.4, -0.2) is 47.9 Å². The van der Waals surface area contributed by atoms with E-state index in [9.17, 15) is 8.42 Å². The lowest BCUT2D eigenvalue weighted by atomic mass is 9.96. The number of fused-ring (bicyclic) bond motifs is 1. The normalized spacial score (nSPS) is 15.6.